The van der Waals surface area contributed by atoms with Gasteiger partial charge in [-0.3, -0.25) is 4.79 Å². The Morgan fingerprint density at radius 1 is 1.33 bits per heavy atom. The van der Waals surface area contributed by atoms with Crippen LogP contribution >= 0.6 is 23.2 Å². The average Bonchev–Trinajstić information content (AvgIpc) is 2.09. The van der Waals surface area contributed by atoms with Crippen LogP contribution in [0.5, 0.6) is 5.75 Å². The van der Waals surface area contributed by atoms with E-state index in [-0.39, 0.29) is 0 Å². The summed E-state index contributed by atoms with van der Waals surface area (Å²) in [6, 6.07) is 2.98. The van der Waals surface area contributed by atoms with Crippen molar-refractivity contribution in [1.29, 1.82) is 0 Å². The van der Waals surface area contributed by atoms with Crippen molar-refractivity contribution in [1.82, 2.24) is 0 Å². The molecule has 2 nitrogen and oxygen atoms in total. The summed E-state index contributed by atoms with van der Waals surface area (Å²) in [5, 5.41) is 0.721. The highest BCUT2D eigenvalue weighted by atomic mass is 35.5. The lowest BCUT2D eigenvalue weighted by Crippen LogP contribution is -1.90. The minimum absolute atomic E-state index is 0.347. The van der Waals surface area contributed by atoms with Crippen LogP contribution < -0.4 is 4.74 Å². The second-order valence-electron chi connectivity index (χ2n) is 2.13. The van der Waals surface area contributed by atoms with Gasteiger partial charge in [0.05, 0.1) is 22.7 Å². The van der Waals surface area contributed by atoms with Gasteiger partial charge in [0.25, 0.3) is 0 Å². The number of halogens is 2. The summed E-state index contributed by atoms with van der Waals surface area (Å²) in [6.45, 7) is 0. The molecule has 0 radical (unpaired) electrons. The minimum Gasteiger partial charge on any atom is -0.496 e. The molecule has 0 aliphatic carbocycles. The first kappa shape index (κ1) is 9.36. The summed E-state index contributed by atoms with van der Waals surface area (Å²) in [6.07, 6.45) is 0.668. The summed E-state index contributed by atoms with van der Waals surface area (Å²) >= 11 is 11.4. The second-order valence-corrected chi connectivity index (χ2v) is 2.94. The first-order chi connectivity index (χ1) is 5.69. The molecule has 0 spiro atoms. The van der Waals surface area contributed by atoms with Crippen molar-refractivity contribution in [3.05, 3.63) is 27.7 Å². The van der Waals surface area contributed by atoms with E-state index >= 15 is 0 Å². The molecule has 0 heterocycles. The van der Waals surface area contributed by atoms with Crippen LogP contribution in [0.1, 0.15) is 10.4 Å². The summed E-state index contributed by atoms with van der Waals surface area (Å²) < 4.78 is 4.90. The summed E-state index contributed by atoms with van der Waals surface area (Å²) in [5.41, 5.74) is 0.395. The van der Waals surface area contributed by atoms with Crippen molar-refractivity contribution in [2.24, 2.45) is 0 Å². The van der Waals surface area contributed by atoms with Crippen LogP contribution in [0, 0.1) is 0 Å². The molecule has 1 aromatic rings. The molecule has 4 heteroatoms. The molecule has 0 unspecified atom stereocenters. The number of carbonyl (C=O) groups excluding carboxylic acids is 1. The molecule has 0 amide bonds. The number of benzene rings is 1. The minimum atomic E-state index is 0.347. The predicted octanol–water partition coefficient (Wildman–Crippen LogP) is 2.81. The average molecular weight is 205 g/mol. The maximum Gasteiger partial charge on any atom is 0.153 e. The maximum atomic E-state index is 10.5. The molecule has 0 fully saturated rings. The van der Waals surface area contributed by atoms with E-state index in [0.29, 0.717) is 27.6 Å². The number of hydrogen-bond acceptors (Lipinski definition) is 2. The molecule has 0 saturated carbocycles. The summed E-state index contributed by atoms with van der Waals surface area (Å²) in [5.74, 6) is 0.430. The van der Waals surface area contributed by atoms with Gasteiger partial charge in [-0.2, -0.15) is 0 Å². The van der Waals surface area contributed by atoms with E-state index in [9.17, 15) is 4.79 Å². The Morgan fingerprint density at radius 3 is 2.42 bits per heavy atom. The second kappa shape index (κ2) is 3.78. The van der Waals surface area contributed by atoms with Crippen LogP contribution in [0.15, 0.2) is 12.1 Å². The first-order valence-electron chi connectivity index (χ1n) is 3.17. The van der Waals surface area contributed by atoms with Crippen LogP contribution in [-0.4, -0.2) is 13.4 Å². The third-order valence-electron chi connectivity index (χ3n) is 1.40. The van der Waals surface area contributed by atoms with Crippen molar-refractivity contribution >= 4 is 29.5 Å². The van der Waals surface area contributed by atoms with E-state index < -0.39 is 0 Å². The summed E-state index contributed by atoms with van der Waals surface area (Å²) in [7, 11) is 1.46. The van der Waals surface area contributed by atoms with Crippen molar-refractivity contribution in [3.8, 4) is 5.75 Å². The molecule has 64 valence electrons. The van der Waals surface area contributed by atoms with Crippen LogP contribution in [-0.2, 0) is 0 Å². The normalized spacial score (nSPS) is 9.58. The fourth-order valence-electron chi connectivity index (χ4n) is 0.813. The zero-order valence-corrected chi connectivity index (χ0v) is 7.82. The molecular weight excluding hydrogens is 199 g/mol. The van der Waals surface area contributed by atoms with Gasteiger partial charge in [-0.15, -0.1) is 0 Å². The smallest absolute Gasteiger partial charge is 0.153 e. The van der Waals surface area contributed by atoms with Crippen molar-refractivity contribution in [3.63, 3.8) is 0 Å². The Bertz CT molecular complexity index is 310. The molecule has 0 atom stereocenters. The fraction of sp³-hybridized carbons (Fsp3) is 0.125. The lowest BCUT2D eigenvalue weighted by Gasteiger charge is -2.04. The fourth-order valence-corrected chi connectivity index (χ4v) is 1.14. The van der Waals surface area contributed by atoms with E-state index in [2.05, 4.69) is 0 Å². The zero-order valence-electron chi connectivity index (χ0n) is 6.30. The van der Waals surface area contributed by atoms with E-state index in [1.807, 2.05) is 0 Å². The van der Waals surface area contributed by atoms with Gasteiger partial charge in [-0.05, 0) is 6.07 Å². The Hall–Kier alpha value is -0.730. The van der Waals surface area contributed by atoms with Crippen molar-refractivity contribution in [2.45, 2.75) is 0 Å². The van der Waals surface area contributed by atoms with E-state index in [1.165, 1.54) is 19.2 Å². The lowest BCUT2D eigenvalue weighted by molar-refractivity contribution is 0.112. The molecule has 0 aliphatic rings. The highest BCUT2D eigenvalue weighted by molar-refractivity contribution is 6.42. The van der Waals surface area contributed by atoms with Crippen LogP contribution in [0.2, 0.25) is 10.0 Å². The topological polar surface area (TPSA) is 26.3 Å². The monoisotopic (exact) mass is 204 g/mol. The highest BCUT2D eigenvalue weighted by Gasteiger charge is 2.06. The van der Waals surface area contributed by atoms with Gasteiger partial charge < -0.3 is 4.74 Å². The summed E-state index contributed by atoms with van der Waals surface area (Å²) in [4.78, 5) is 10.5. The largest absolute Gasteiger partial charge is 0.496 e. The number of rotatable bonds is 2. The van der Waals surface area contributed by atoms with E-state index in [0.717, 1.165) is 0 Å². The third kappa shape index (κ3) is 1.71. The Balaban J connectivity index is 3.28. The van der Waals surface area contributed by atoms with Gasteiger partial charge >= 0.3 is 0 Å². The standard InChI is InChI=1S/C8H6Cl2O2/c1-12-8-3-7(10)6(9)2-5(8)4-11/h2-4H,1H3. The molecule has 0 aliphatic heterocycles. The zero-order chi connectivity index (χ0) is 9.14. The van der Waals surface area contributed by atoms with Gasteiger partial charge in [-0.25, -0.2) is 0 Å². The third-order valence-corrected chi connectivity index (χ3v) is 2.12. The molecule has 0 saturated heterocycles. The molecule has 0 N–H and O–H groups in total. The maximum absolute atomic E-state index is 10.5. The molecular formula is C8H6Cl2O2. The number of carbonyl (C=O) groups is 1. The first-order valence-corrected chi connectivity index (χ1v) is 3.93. The van der Waals surface area contributed by atoms with Crippen LogP contribution in [0.3, 0.4) is 0 Å². The van der Waals surface area contributed by atoms with Gasteiger partial charge in [0.15, 0.2) is 6.29 Å². The number of hydrogen-bond donors (Lipinski definition) is 0. The molecule has 1 rings (SSSR count). The SMILES string of the molecule is COc1cc(Cl)c(Cl)cc1C=O. The van der Waals surface area contributed by atoms with E-state index in [1.54, 1.807) is 0 Å². The van der Waals surface area contributed by atoms with E-state index in [4.69, 9.17) is 27.9 Å². The predicted molar refractivity (Wildman–Crippen MR) is 48.4 cm³/mol. The van der Waals surface area contributed by atoms with Crippen molar-refractivity contribution in [2.75, 3.05) is 7.11 Å². The van der Waals surface area contributed by atoms with Crippen LogP contribution in [0.25, 0.3) is 0 Å². The Morgan fingerprint density at radius 2 is 1.92 bits per heavy atom. The molecule has 0 bridgehead atoms. The molecule has 12 heavy (non-hydrogen) atoms. The lowest BCUT2D eigenvalue weighted by atomic mass is 10.2. The van der Waals surface area contributed by atoms with Gasteiger partial charge in [0, 0.05) is 6.07 Å². The van der Waals surface area contributed by atoms with Gasteiger partial charge in [-0.1, -0.05) is 23.2 Å². The number of aldehydes is 1. The molecule has 1 aromatic carbocycles. The Labute approximate surface area is 80.0 Å². The number of methoxy groups -OCH3 is 1. The molecule has 0 aromatic heterocycles. The van der Waals surface area contributed by atoms with Gasteiger partial charge in [0.1, 0.15) is 5.75 Å². The number of ether oxygens (including phenoxy) is 1. The quantitative estimate of drug-likeness (QED) is 0.694. The van der Waals surface area contributed by atoms with Crippen molar-refractivity contribution < 1.29 is 9.53 Å². The van der Waals surface area contributed by atoms with Crippen LogP contribution in [0.4, 0.5) is 0 Å². The Kier molecular flexibility index (Phi) is 2.95. The van der Waals surface area contributed by atoms with Gasteiger partial charge in [0.2, 0.25) is 0 Å². The highest BCUT2D eigenvalue weighted by Crippen LogP contribution is 2.29.